The highest BCUT2D eigenvalue weighted by molar-refractivity contribution is 5.83. The quantitative estimate of drug-likeness (QED) is 0.514. The van der Waals surface area contributed by atoms with E-state index in [1.807, 2.05) is 27.7 Å². The zero-order valence-electron chi connectivity index (χ0n) is 23.2. The number of amides is 1. The van der Waals surface area contributed by atoms with Crippen molar-refractivity contribution in [3.63, 3.8) is 0 Å². The average Bonchev–Trinajstić information content (AvgIpc) is 3.46. The molecule has 1 aliphatic carbocycles. The van der Waals surface area contributed by atoms with E-state index in [4.69, 9.17) is 9.47 Å². The number of hydrogen-bond acceptors (Lipinski definition) is 9. The molecule has 5 heterocycles. The molecule has 40 heavy (non-hydrogen) atoms. The molecular formula is C27H33N7O6. The lowest BCUT2D eigenvalue weighted by molar-refractivity contribution is -0.140. The largest absolute Gasteiger partial charge is 0.481 e. The van der Waals surface area contributed by atoms with E-state index in [2.05, 4.69) is 20.1 Å². The lowest BCUT2D eigenvalue weighted by Crippen LogP contribution is -2.67. The highest BCUT2D eigenvalue weighted by Gasteiger charge is 2.49. The maximum atomic E-state index is 14.2. The Balaban J connectivity index is 1.47. The highest BCUT2D eigenvalue weighted by atomic mass is 16.6. The van der Waals surface area contributed by atoms with Crippen molar-refractivity contribution >= 4 is 28.9 Å². The number of aliphatic carboxylic acids is 1. The number of carboxylic acid groups (broad SMARTS) is 1. The van der Waals surface area contributed by atoms with E-state index in [9.17, 15) is 19.5 Å². The highest BCUT2D eigenvalue weighted by Crippen LogP contribution is 2.45. The van der Waals surface area contributed by atoms with Crippen LogP contribution in [0.15, 0.2) is 23.1 Å². The monoisotopic (exact) mass is 551 g/mol. The number of fused-ring (bicyclic) bond motifs is 4. The maximum Gasteiger partial charge on any atom is 0.410 e. The van der Waals surface area contributed by atoms with Crippen LogP contribution in [0.25, 0.3) is 16.9 Å². The Morgan fingerprint density at radius 2 is 1.88 bits per heavy atom. The zero-order chi connectivity index (χ0) is 28.5. The normalized spacial score (nSPS) is 23.9. The van der Waals surface area contributed by atoms with Crippen LogP contribution in [0.1, 0.15) is 64.6 Å². The van der Waals surface area contributed by atoms with Gasteiger partial charge in [0.2, 0.25) is 11.3 Å². The van der Waals surface area contributed by atoms with Gasteiger partial charge in [-0.2, -0.15) is 0 Å². The van der Waals surface area contributed by atoms with Gasteiger partial charge >= 0.3 is 12.1 Å². The number of ether oxygens (including phenoxy) is 2. The molecule has 13 nitrogen and oxygen atoms in total. The number of anilines is 1. The predicted molar refractivity (Wildman–Crippen MR) is 144 cm³/mol. The van der Waals surface area contributed by atoms with Crippen molar-refractivity contribution in [2.24, 2.45) is 0 Å². The van der Waals surface area contributed by atoms with Crippen LogP contribution in [-0.4, -0.2) is 84.5 Å². The minimum absolute atomic E-state index is 0.0771. The van der Waals surface area contributed by atoms with Gasteiger partial charge in [-0.25, -0.2) is 14.6 Å². The van der Waals surface area contributed by atoms with Crippen LogP contribution in [0.5, 0.6) is 5.88 Å². The van der Waals surface area contributed by atoms with Crippen LogP contribution in [0.3, 0.4) is 0 Å². The number of hydrogen-bond donors (Lipinski definition) is 1. The van der Waals surface area contributed by atoms with E-state index in [1.165, 1.54) is 11.9 Å². The molecule has 2 aliphatic heterocycles. The summed E-state index contributed by atoms with van der Waals surface area (Å²) in [6.07, 6.45) is 3.14. The average molecular weight is 552 g/mol. The van der Waals surface area contributed by atoms with Crippen LogP contribution < -0.4 is 15.1 Å². The van der Waals surface area contributed by atoms with Gasteiger partial charge in [-0.3, -0.25) is 4.79 Å². The third-order valence-electron chi connectivity index (χ3n) is 8.06. The number of carboxylic acids is 1. The Kier molecular flexibility index (Phi) is 6.00. The van der Waals surface area contributed by atoms with Crippen LogP contribution in [0.2, 0.25) is 0 Å². The molecule has 1 N–H and O–H groups in total. The Labute approximate surface area is 230 Å². The van der Waals surface area contributed by atoms with E-state index in [-0.39, 0.29) is 40.7 Å². The van der Waals surface area contributed by atoms with Gasteiger partial charge in [0.05, 0.1) is 24.5 Å². The minimum atomic E-state index is -0.988. The molecule has 4 atom stereocenters. The zero-order valence-corrected chi connectivity index (χ0v) is 23.2. The Morgan fingerprint density at radius 3 is 2.52 bits per heavy atom. The second-order valence-corrected chi connectivity index (χ2v) is 11.7. The second kappa shape index (κ2) is 9.20. The molecule has 13 heteroatoms. The summed E-state index contributed by atoms with van der Waals surface area (Å²) >= 11 is 0. The summed E-state index contributed by atoms with van der Waals surface area (Å²) in [5, 5.41) is 19.3. The SMILES string of the molecule is COc1cc(-n2nc3c(=O)c(N4CCN(C(=O)OC(C)(C)C)[C@H]5CC[C@@H]54)c4n(c3n2)C(C(=O)O)CC4C)ccn1. The van der Waals surface area contributed by atoms with Gasteiger partial charge in [-0.05, 0) is 46.1 Å². The van der Waals surface area contributed by atoms with E-state index in [0.29, 0.717) is 42.5 Å². The molecule has 1 saturated carbocycles. The van der Waals surface area contributed by atoms with Gasteiger partial charge in [0.1, 0.15) is 17.3 Å². The number of aromatic nitrogens is 5. The summed E-state index contributed by atoms with van der Waals surface area (Å²) in [7, 11) is 1.50. The van der Waals surface area contributed by atoms with Crippen molar-refractivity contribution in [3.8, 4) is 11.6 Å². The first-order valence-corrected chi connectivity index (χ1v) is 13.5. The standard InChI is InChI=1S/C27H33N7O6/c1-14-12-18(25(36)37)33-21(14)22(31-10-11-32(17-7-6-16(17)31)26(38)40-27(2,3)4)23(35)20-24(33)30-34(29-20)15-8-9-28-19(13-15)39-5/h8-9,13-14,16-18H,6-7,10-12H2,1-5H3,(H,36,37)/t14?,16-,17-,18?/m0/s1. The number of pyridine rings is 2. The van der Waals surface area contributed by atoms with Crippen LogP contribution in [0.4, 0.5) is 10.5 Å². The number of piperazine rings is 1. The Bertz CT molecular complexity index is 1570. The first-order chi connectivity index (χ1) is 19.0. The molecule has 0 radical (unpaired) electrons. The molecule has 3 aromatic heterocycles. The van der Waals surface area contributed by atoms with E-state index >= 15 is 0 Å². The summed E-state index contributed by atoms with van der Waals surface area (Å²) in [5.41, 5.74) is 1.07. The van der Waals surface area contributed by atoms with Gasteiger partial charge in [-0.15, -0.1) is 15.0 Å². The van der Waals surface area contributed by atoms with Crippen LogP contribution in [0, 0.1) is 0 Å². The maximum absolute atomic E-state index is 14.2. The van der Waals surface area contributed by atoms with Gasteiger partial charge in [0.15, 0.2) is 11.2 Å². The molecule has 3 aromatic rings. The molecule has 2 unspecified atom stereocenters. The molecular weight excluding hydrogens is 518 g/mol. The lowest BCUT2D eigenvalue weighted by atomic mass is 9.81. The fourth-order valence-corrected chi connectivity index (χ4v) is 6.21. The lowest BCUT2D eigenvalue weighted by Gasteiger charge is -2.54. The van der Waals surface area contributed by atoms with Gasteiger partial charge in [0.25, 0.3) is 0 Å². The van der Waals surface area contributed by atoms with E-state index in [1.54, 1.807) is 27.8 Å². The van der Waals surface area contributed by atoms with Gasteiger partial charge in [0, 0.05) is 37.3 Å². The summed E-state index contributed by atoms with van der Waals surface area (Å²) in [6.45, 7) is 8.29. The molecule has 212 valence electrons. The van der Waals surface area contributed by atoms with E-state index < -0.39 is 17.6 Å². The van der Waals surface area contributed by atoms with Gasteiger partial charge < -0.3 is 28.9 Å². The molecule has 0 spiro atoms. The number of rotatable bonds is 4. The first-order valence-electron chi connectivity index (χ1n) is 13.5. The Hall–Kier alpha value is -4.16. The van der Waals surface area contributed by atoms with Gasteiger partial charge in [-0.1, -0.05) is 6.92 Å². The molecule has 0 bridgehead atoms. The molecule has 1 amide bonds. The van der Waals surface area contributed by atoms with Crippen molar-refractivity contribution in [1.82, 2.24) is 29.4 Å². The molecule has 0 aromatic carbocycles. The van der Waals surface area contributed by atoms with Crippen LogP contribution in [-0.2, 0) is 9.53 Å². The predicted octanol–water partition coefficient (Wildman–Crippen LogP) is 2.71. The molecule has 3 aliphatic rings. The number of nitrogens with zero attached hydrogens (tertiary/aromatic N) is 7. The third-order valence-corrected chi connectivity index (χ3v) is 8.06. The van der Waals surface area contributed by atoms with Crippen molar-refractivity contribution < 1.29 is 24.2 Å². The molecule has 1 saturated heterocycles. The van der Waals surface area contributed by atoms with Crippen molar-refractivity contribution in [1.29, 1.82) is 0 Å². The first kappa shape index (κ1) is 26.1. The summed E-state index contributed by atoms with van der Waals surface area (Å²) in [4.78, 5) is 48.8. The van der Waals surface area contributed by atoms with Crippen molar-refractivity contribution in [2.45, 2.75) is 76.6 Å². The summed E-state index contributed by atoms with van der Waals surface area (Å²) in [6, 6.07) is 2.27. The van der Waals surface area contributed by atoms with Crippen LogP contribution >= 0.6 is 0 Å². The minimum Gasteiger partial charge on any atom is -0.481 e. The summed E-state index contributed by atoms with van der Waals surface area (Å²) in [5.74, 6) is -0.824. The second-order valence-electron chi connectivity index (χ2n) is 11.7. The third kappa shape index (κ3) is 4.06. The molecule has 6 rings (SSSR count). The smallest absolute Gasteiger partial charge is 0.410 e. The Morgan fingerprint density at radius 1 is 1.12 bits per heavy atom. The number of methoxy groups -OCH3 is 1. The summed E-state index contributed by atoms with van der Waals surface area (Å²) < 4.78 is 12.5. The van der Waals surface area contributed by atoms with Crippen molar-refractivity contribution in [3.05, 3.63) is 34.2 Å². The van der Waals surface area contributed by atoms with Crippen molar-refractivity contribution in [2.75, 3.05) is 25.1 Å². The fourth-order valence-electron chi connectivity index (χ4n) is 6.21. The molecule has 2 fully saturated rings. The topological polar surface area (TPSA) is 145 Å². The number of carbonyl (C=O) groups excluding carboxylic acids is 1. The number of carbonyl (C=O) groups is 2. The fraction of sp³-hybridized carbons (Fsp3) is 0.556. The van der Waals surface area contributed by atoms with E-state index in [0.717, 1.165) is 12.8 Å².